The highest BCUT2D eigenvalue weighted by Gasteiger charge is 2.01. The lowest BCUT2D eigenvalue weighted by Crippen LogP contribution is -2.13. The second-order valence-electron chi connectivity index (χ2n) is 8.53. The van der Waals surface area contributed by atoms with E-state index in [0.717, 1.165) is 6.54 Å². The van der Waals surface area contributed by atoms with Crippen LogP contribution in [0.4, 0.5) is 0 Å². The summed E-state index contributed by atoms with van der Waals surface area (Å²) in [5.74, 6) is -1.19. The van der Waals surface area contributed by atoms with Crippen LogP contribution in [0, 0.1) is 0 Å². The van der Waals surface area contributed by atoms with Gasteiger partial charge in [0.05, 0.1) is 6.10 Å². The number of carboxylic acid groups (broad SMARTS) is 1. The maximum atomic E-state index is 9.45. The van der Waals surface area contributed by atoms with Crippen LogP contribution in [0.1, 0.15) is 130 Å². The molecule has 0 radical (unpaired) electrons. The molecule has 31 heavy (non-hydrogen) atoms. The first-order valence-corrected chi connectivity index (χ1v) is 12.8. The molecule has 0 saturated heterocycles. The van der Waals surface area contributed by atoms with Crippen molar-refractivity contribution in [3.05, 3.63) is 0 Å². The Balaban J connectivity index is -0.000000532. The van der Waals surface area contributed by atoms with Crippen LogP contribution in [-0.4, -0.2) is 46.6 Å². The van der Waals surface area contributed by atoms with Crippen molar-refractivity contribution in [1.82, 2.24) is 0 Å². The zero-order valence-corrected chi connectivity index (χ0v) is 21.0. The number of unbranched alkanes of at least 4 members (excludes halogenated alkanes) is 15. The number of aliphatic hydroxyl groups excluding tert-OH is 2. The number of nitrogens with two attached hydrogens (primary N) is 2. The number of carbonyl (C=O) groups is 1. The highest BCUT2D eigenvalue weighted by molar-refractivity contribution is 5.71. The third kappa shape index (κ3) is 43.9. The number of carboxylic acids is 1. The summed E-state index contributed by atoms with van der Waals surface area (Å²) in [6, 6.07) is 0. The molecule has 6 heteroatoms. The fourth-order valence-electron chi connectivity index (χ4n) is 2.93. The molecule has 0 spiro atoms. The summed E-state index contributed by atoms with van der Waals surface area (Å²) in [5, 5.41) is 24.2. The maximum Gasteiger partial charge on any atom is 0.332 e. The molecule has 0 bridgehead atoms. The van der Waals surface area contributed by atoms with E-state index in [1.807, 2.05) is 0 Å². The minimum Gasteiger partial charge on any atom is -0.479 e. The molecule has 0 aliphatic rings. The van der Waals surface area contributed by atoms with Crippen molar-refractivity contribution >= 4 is 5.97 Å². The van der Waals surface area contributed by atoms with Crippen LogP contribution in [-0.2, 0) is 4.79 Å². The first kappa shape index (κ1) is 34.9. The molecule has 0 aromatic heterocycles. The average Bonchev–Trinajstić information content (AvgIpc) is 2.71. The molecule has 2 atom stereocenters. The van der Waals surface area contributed by atoms with Gasteiger partial charge in [0.25, 0.3) is 0 Å². The lowest BCUT2D eigenvalue weighted by Gasteiger charge is -2.03. The molecule has 2 unspecified atom stereocenters. The lowest BCUT2D eigenvalue weighted by molar-refractivity contribution is -0.145. The Hall–Kier alpha value is -0.690. The Morgan fingerprint density at radius 1 is 0.645 bits per heavy atom. The number of aliphatic hydroxyl groups is 2. The normalized spacial score (nSPS) is 12.2. The van der Waals surface area contributed by atoms with E-state index in [-0.39, 0.29) is 6.10 Å². The minimum absolute atomic E-state index is 0.227. The Labute approximate surface area is 193 Å². The molecule has 0 aliphatic heterocycles. The maximum absolute atomic E-state index is 9.45. The van der Waals surface area contributed by atoms with E-state index < -0.39 is 12.1 Å². The van der Waals surface area contributed by atoms with Crippen LogP contribution < -0.4 is 11.5 Å². The largest absolute Gasteiger partial charge is 0.479 e. The predicted molar refractivity (Wildman–Crippen MR) is 133 cm³/mol. The Bertz CT molecular complexity index is 311. The van der Waals surface area contributed by atoms with Crippen LogP contribution in [0.25, 0.3) is 0 Å². The van der Waals surface area contributed by atoms with Gasteiger partial charge in [-0.05, 0) is 39.8 Å². The first-order chi connectivity index (χ1) is 14.8. The molecule has 0 aromatic rings. The van der Waals surface area contributed by atoms with Crippen molar-refractivity contribution in [2.24, 2.45) is 11.5 Å². The molecular formula is C25H56N2O4. The summed E-state index contributed by atoms with van der Waals surface area (Å²) in [4.78, 5) is 9.45. The smallest absolute Gasteiger partial charge is 0.332 e. The third-order valence-electron chi connectivity index (χ3n) is 5.00. The van der Waals surface area contributed by atoms with Crippen molar-refractivity contribution in [3.8, 4) is 0 Å². The van der Waals surface area contributed by atoms with Crippen molar-refractivity contribution in [2.75, 3.05) is 13.1 Å². The second-order valence-corrected chi connectivity index (χ2v) is 8.53. The fraction of sp³-hybridized carbons (Fsp3) is 0.960. The van der Waals surface area contributed by atoms with Crippen LogP contribution >= 0.6 is 0 Å². The van der Waals surface area contributed by atoms with E-state index in [4.69, 9.17) is 26.8 Å². The van der Waals surface area contributed by atoms with Gasteiger partial charge in [0.15, 0.2) is 0 Å². The highest BCUT2D eigenvalue weighted by Crippen LogP contribution is 2.13. The molecule has 0 heterocycles. The molecule has 0 aliphatic carbocycles. The van der Waals surface area contributed by atoms with Crippen molar-refractivity contribution in [1.29, 1.82) is 0 Å². The number of aliphatic carboxylic acids is 1. The summed E-state index contributed by atoms with van der Waals surface area (Å²) in [5.41, 5.74) is 10.6. The molecule has 0 fully saturated rings. The molecule has 6 nitrogen and oxygen atoms in total. The van der Waals surface area contributed by atoms with Gasteiger partial charge in [-0.1, -0.05) is 103 Å². The van der Waals surface area contributed by atoms with Crippen LogP contribution in [0.3, 0.4) is 0 Å². The lowest BCUT2D eigenvalue weighted by atomic mass is 10.0. The van der Waals surface area contributed by atoms with E-state index >= 15 is 0 Å². The fourth-order valence-corrected chi connectivity index (χ4v) is 2.93. The summed E-state index contributed by atoms with van der Waals surface area (Å²) in [6.07, 6.45) is 22.1. The first-order valence-electron chi connectivity index (χ1n) is 12.8. The van der Waals surface area contributed by atoms with Gasteiger partial charge < -0.3 is 26.8 Å². The Kier molecular flexibility index (Phi) is 35.5. The van der Waals surface area contributed by atoms with Crippen LogP contribution in [0.5, 0.6) is 0 Å². The second kappa shape index (κ2) is 31.5. The SMILES string of the molecule is CC(O)C(=O)O.CC(O)CCN.CCCCCCCCCCCCCCCCCCN. The van der Waals surface area contributed by atoms with Crippen LogP contribution in [0.15, 0.2) is 0 Å². The van der Waals surface area contributed by atoms with E-state index in [1.165, 1.54) is 110 Å². The standard InChI is InChI=1S/C18H39N.C4H11NO.C3H6O3/c1-2-3-4-5-6-7-8-9-10-11-12-13-14-15-16-17-18-19;1-4(6)2-3-5;1-2(4)3(5)6/h2-19H2,1H3;4,6H,2-3,5H2,1H3;2,4H,1H3,(H,5,6). The molecular weight excluding hydrogens is 392 g/mol. The van der Waals surface area contributed by atoms with Gasteiger partial charge in [0.1, 0.15) is 6.10 Å². The highest BCUT2D eigenvalue weighted by atomic mass is 16.4. The van der Waals surface area contributed by atoms with Crippen LogP contribution in [0.2, 0.25) is 0 Å². The zero-order valence-electron chi connectivity index (χ0n) is 21.0. The number of hydrogen-bond donors (Lipinski definition) is 5. The zero-order chi connectivity index (χ0) is 24.2. The monoisotopic (exact) mass is 448 g/mol. The van der Waals surface area contributed by atoms with Gasteiger partial charge in [-0.2, -0.15) is 0 Å². The number of rotatable bonds is 19. The molecule has 0 amide bonds. The van der Waals surface area contributed by atoms with Gasteiger partial charge in [0, 0.05) is 0 Å². The van der Waals surface area contributed by atoms with E-state index in [9.17, 15) is 4.79 Å². The van der Waals surface area contributed by atoms with Gasteiger partial charge in [-0.3, -0.25) is 0 Å². The Morgan fingerprint density at radius 3 is 1.10 bits per heavy atom. The summed E-state index contributed by atoms with van der Waals surface area (Å²) in [7, 11) is 0. The molecule has 0 rings (SSSR count). The minimum atomic E-state index is -1.23. The van der Waals surface area contributed by atoms with E-state index in [1.54, 1.807) is 6.92 Å². The quantitative estimate of drug-likeness (QED) is 0.169. The van der Waals surface area contributed by atoms with E-state index in [0.29, 0.717) is 13.0 Å². The van der Waals surface area contributed by atoms with Crippen molar-refractivity contribution in [2.45, 2.75) is 142 Å². The third-order valence-corrected chi connectivity index (χ3v) is 5.00. The van der Waals surface area contributed by atoms with Crippen molar-refractivity contribution < 1.29 is 20.1 Å². The van der Waals surface area contributed by atoms with Gasteiger partial charge in [-0.25, -0.2) is 4.79 Å². The van der Waals surface area contributed by atoms with E-state index in [2.05, 4.69) is 6.92 Å². The molecule has 7 N–H and O–H groups in total. The predicted octanol–water partition coefficient (Wildman–Crippen LogP) is 5.37. The van der Waals surface area contributed by atoms with Gasteiger partial charge >= 0.3 is 5.97 Å². The van der Waals surface area contributed by atoms with Gasteiger partial charge in [-0.15, -0.1) is 0 Å². The molecule has 0 saturated carbocycles. The summed E-state index contributed by atoms with van der Waals surface area (Å²) < 4.78 is 0. The average molecular weight is 449 g/mol. The van der Waals surface area contributed by atoms with Crippen molar-refractivity contribution in [3.63, 3.8) is 0 Å². The topological polar surface area (TPSA) is 130 Å². The molecule has 190 valence electrons. The number of hydrogen-bond acceptors (Lipinski definition) is 5. The Morgan fingerprint density at radius 2 is 0.935 bits per heavy atom. The summed E-state index contributed by atoms with van der Waals surface area (Å²) >= 11 is 0. The summed E-state index contributed by atoms with van der Waals surface area (Å²) in [6.45, 7) is 6.67. The molecule has 0 aromatic carbocycles. The van der Waals surface area contributed by atoms with Gasteiger partial charge in [0.2, 0.25) is 0 Å².